The van der Waals surface area contributed by atoms with Gasteiger partial charge in [-0.1, -0.05) is 0 Å². The summed E-state index contributed by atoms with van der Waals surface area (Å²) in [6.07, 6.45) is 0.181. The van der Waals surface area contributed by atoms with Crippen LogP contribution in [0.3, 0.4) is 0 Å². The van der Waals surface area contributed by atoms with Crippen LogP contribution in [0.5, 0.6) is 0 Å². The van der Waals surface area contributed by atoms with Crippen molar-refractivity contribution in [2.75, 3.05) is 0 Å². The fourth-order valence-corrected chi connectivity index (χ4v) is 0. The molecule has 0 rings (SSSR count). The predicted octanol–water partition coefficient (Wildman–Crippen LogP) is -0.881. The molecule has 0 bridgehead atoms. The van der Waals surface area contributed by atoms with E-state index in [4.69, 9.17) is 10.0 Å². The first kappa shape index (κ1) is 8.94. The van der Waals surface area contributed by atoms with Gasteiger partial charge < -0.3 is 0 Å². The number of carbonyl (C=O) groups is 1. The van der Waals surface area contributed by atoms with Crippen molar-refractivity contribution in [3.05, 3.63) is 0 Å². The molecule has 0 atom stereocenters. The van der Waals surface area contributed by atoms with Crippen LogP contribution >= 0.6 is 0 Å². The van der Waals surface area contributed by atoms with Gasteiger partial charge in [0.1, 0.15) is 0 Å². The molecule has 5 heavy (non-hydrogen) atoms. The molecule has 0 aromatic rings. The van der Waals surface area contributed by atoms with Crippen LogP contribution in [0, 0.1) is 0 Å². The second-order valence-electron chi connectivity index (χ2n) is 0.247. The quantitative estimate of drug-likeness (QED) is 0.199. The number of rotatable bonds is 1. The van der Waals surface area contributed by atoms with E-state index >= 15 is 0 Å². The molecule has 0 aromatic carbocycles. The van der Waals surface area contributed by atoms with Crippen LogP contribution < -0.4 is 5.48 Å². The van der Waals surface area contributed by atoms with Crippen molar-refractivity contribution in [2.24, 2.45) is 0 Å². The van der Waals surface area contributed by atoms with E-state index in [0.717, 1.165) is 0 Å². The summed E-state index contributed by atoms with van der Waals surface area (Å²) in [7, 11) is 0. The van der Waals surface area contributed by atoms with Gasteiger partial charge >= 0.3 is 0 Å². The molecule has 2 N–H and O–H groups in total. The Labute approximate surface area is 44.2 Å². The monoisotopic (exact) mass is 109 g/mol. The summed E-state index contributed by atoms with van der Waals surface area (Å²) in [5.41, 5.74) is 1.25. The third-order valence-electron chi connectivity index (χ3n) is 0.0527. The van der Waals surface area contributed by atoms with Gasteiger partial charge in [0.25, 0.3) is 0 Å². The summed E-state index contributed by atoms with van der Waals surface area (Å²) in [5.74, 6) is 0. The van der Waals surface area contributed by atoms with Gasteiger partial charge in [0.15, 0.2) is 0 Å². The van der Waals surface area contributed by atoms with Crippen LogP contribution in [0.25, 0.3) is 0 Å². The van der Waals surface area contributed by atoms with Crippen molar-refractivity contribution in [2.45, 2.75) is 0 Å². The molecule has 1 amide bonds. The predicted molar refractivity (Wildman–Crippen MR) is 11.0 cm³/mol. The number of carbonyl (C=O) groups excluding carboxylic acids is 1. The van der Waals surface area contributed by atoms with Gasteiger partial charge in [-0.25, -0.2) is 5.48 Å². The summed E-state index contributed by atoms with van der Waals surface area (Å²) in [6, 6.07) is 0. The Balaban J connectivity index is 0. The number of hydrogen-bond acceptors (Lipinski definition) is 2. The van der Waals surface area contributed by atoms with Crippen molar-refractivity contribution < 1.29 is 31.7 Å². The Morgan fingerprint density at radius 1 is 1.80 bits per heavy atom. The molecule has 4 heteroatoms. The summed E-state index contributed by atoms with van der Waals surface area (Å²) < 4.78 is 0. The fraction of sp³-hybridized carbons (Fsp3) is 0. The third kappa shape index (κ3) is 14.6. The van der Waals surface area contributed by atoms with Crippen LogP contribution in [0.4, 0.5) is 0 Å². The summed E-state index contributed by atoms with van der Waals surface area (Å²) in [6.45, 7) is 0. The normalized spacial score (nSPS) is 4.20. The van der Waals surface area contributed by atoms with E-state index < -0.39 is 0 Å². The van der Waals surface area contributed by atoms with Crippen molar-refractivity contribution in [3.63, 3.8) is 0 Å². The topological polar surface area (TPSA) is 49.3 Å². The SMILES string of the molecule is O=CNO.[Ti]. The van der Waals surface area contributed by atoms with Gasteiger partial charge in [0.2, 0.25) is 6.41 Å². The third-order valence-corrected chi connectivity index (χ3v) is 0.0527. The average Bonchev–Trinajstić information content (AvgIpc) is 1.37. The molecular weight excluding hydrogens is 106 g/mol. The molecule has 0 aromatic heterocycles. The van der Waals surface area contributed by atoms with E-state index in [2.05, 4.69) is 0 Å². The van der Waals surface area contributed by atoms with Crippen LogP contribution in [0.1, 0.15) is 0 Å². The molecule has 0 saturated heterocycles. The van der Waals surface area contributed by atoms with Gasteiger partial charge in [-0.15, -0.1) is 0 Å². The van der Waals surface area contributed by atoms with Crippen molar-refractivity contribution >= 4 is 6.41 Å². The first-order chi connectivity index (χ1) is 1.91. The van der Waals surface area contributed by atoms with Crippen LogP contribution in [-0.4, -0.2) is 11.6 Å². The standard InChI is InChI=1S/CH3NO2.Ti/c3-1-2-4;/h1,4H,(H,2,3);. The maximum absolute atomic E-state index is 8.81. The zero-order valence-corrected chi connectivity index (χ0v) is 3.99. The fourth-order valence-electron chi connectivity index (χ4n) is 0. The Bertz CT molecular complexity index is 23.6. The van der Waals surface area contributed by atoms with Crippen molar-refractivity contribution in [1.82, 2.24) is 5.48 Å². The molecule has 0 heterocycles. The molecule has 0 radical (unpaired) electrons. The maximum Gasteiger partial charge on any atom is 0.230 e. The minimum Gasteiger partial charge on any atom is -0.289 e. The number of hydrogen-bond donors (Lipinski definition) is 2. The Hall–Kier alpha value is 0.144. The molecule has 28 valence electrons. The van der Waals surface area contributed by atoms with Gasteiger partial charge in [0.05, 0.1) is 0 Å². The molecule has 0 aliphatic rings. The maximum atomic E-state index is 8.81. The first-order valence-electron chi connectivity index (χ1n) is 0.748. The van der Waals surface area contributed by atoms with Crippen LogP contribution in [0.15, 0.2) is 0 Å². The minimum atomic E-state index is 0. The summed E-state index contributed by atoms with van der Waals surface area (Å²) in [5, 5.41) is 7.26. The van der Waals surface area contributed by atoms with Crippen molar-refractivity contribution in [3.8, 4) is 0 Å². The van der Waals surface area contributed by atoms with E-state index in [1.54, 1.807) is 0 Å². The molecule has 0 aliphatic heterocycles. The first-order valence-corrected chi connectivity index (χ1v) is 0.748. The van der Waals surface area contributed by atoms with Crippen LogP contribution in [-0.2, 0) is 26.5 Å². The van der Waals surface area contributed by atoms with Gasteiger partial charge in [0, 0.05) is 21.7 Å². The number of hydroxylamine groups is 1. The van der Waals surface area contributed by atoms with E-state index in [0.29, 0.717) is 0 Å². The molecule has 0 spiro atoms. The number of amides is 1. The van der Waals surface area contributed by atoms with E-state index in [1.807, 2.05) is 0 Å². The largest absolute Gasteiger partial charge is 0.289 e. The molecule has 0 aliphatic carbocycles. The van der Waals surface area contributed by atoms with Gasteiger partial charge in [-0.05, 0) is 0 Å². The van der Waals surface area contributed by atoms with E-state index in [-0.39, 0.29) is 28.1 Å². The Kier molecular flexibility index (Phi) is 15.9. The smallest absolute Gasteiger partial charge is 0.230 e. The second-order valence-corrected chi connectivity index (χ2v) is 0.247. The molecule has 3 nitrogen and oxygen atoms in total. The zero-order chi connectivity index (χ0) is 3.41. The van der Waals surface area contributed by atoms with E-state index in [1.165, 1.54) is 5.48 Å². The second kappa shape index (κ2) is 8.91. The summed E-state index contributed by atoms with van der Waals surface area (Å²) in [4.78, 5) is 8.81. The zero-order valence-electron chi connectivity index (χ0n) is 2.43. The van der Waals surface area contributed by atoms with Crippen LogP contribution in [0.2, 0.25) is 0 Å². The Morgan fingerprint density at radius 3 is 2.00 bits per heavy atom. The molecule has 0 unspecified atom stereocenters. The average molecular weight is 109 g/mol. The molecule has 0 fully saturated rings. The number of nitrogens with one attached hydrogen (secondary N) is 1. The minimum absolute atomic E-state index is 0. The van der Waals surface area contributed by atoms with Gasteiger partial charge in [-0.2, -0.15) is 0 Å². The molecule has 0 saturated carbocycles. The Morgan fingerprint density at radius 2 is 2.00 bits per heavy atom. The van der Waals surface area contributed by atoms with Gasteiger partial charge in [-0.3, -0.25) is 10.0 Å². The van der Waals surface area contributed by atoms with E-state index in [9.17, 15) is 0 Å². The molecular formula is CH3NO2Ti. The summed E-state index contributed by atoms with van der Waals surface area (Å²) >= 11 is 0. The van der Waals surface area contributed by atoms with Crippen molar-refractivity contribution in [1.29, 1.82) is 0 Å².